The van der Waals surface area contributed by atoms with Gasteiger partial charge in [-0.2, -0.15) is 0 Å². The van der Waals surface area contributed by atoms with E-state index in [1.807, 2.05) is 18.2 Å². The Morgan fingerprint density at radius 2 is 1.92 bits per heavy atom. The second-order valence-electron chi connectivity index (χ2n) is 6.56. The fraction of sp³-hybridized carbons (Fsp3) is 0.278. The molecule has 5 nitrogen and oxygen atoms in total. The Kier molecular flexibility index (Phi) is 4.62. The van der Waals surface area contributed by atoms with Gasteiger partial charge >= 0.3 is 0 Å². The molecule has 7 heteroatoms. The number of hydrogen-bond donors (Lipinski definition) is 2. The summed E-state index contributed by atoms with van der Waals surface area (Å²) in [7, 11) is -3.65. The van der Waals surface area contributed by atoms with Crippen LogP contribution in [-0.4, -0.2) is 20.9 Å². The summed E-state index contributed by atoms with van der Waals surface area (Å²) in [6.45, 7) is 3.81. The normalized spacial score (nSPS) is 15.7. The monoisotopic (exact) mass is 378 g/mol. The molecule has 0 radical (unpaired) electrons. The number of nitrogens with one attached hydrogen (secondary N) is 2. The molecule has 0 bridgehead atoms. The molecule has 0 saturated heterocycles. The van der Waals surface area contributed by atoms with Gasteiger partial charge in [-0.25, -0.2) is 13.1 Å². The maximum absolute atomic E-state index is 12.5. The third kappa shape index (κ3) is 3.56. The molecule has 1 aliphatic rings. The Morgan fingerprint density at radius 3 is 2.64 bits per heavy atom. The number of carbonyl (C=O) groups is 1. The van der Waals surface area contributed by atoms with E-state index in [9.17, 15) is 13.2 Å². The second kappa shape index (κ2) is 6.44. The van der Waals surface area contributed by atoms with E-state index in [1.54, 1.807) is 32.0 Å². The first-order valence-corrected chi connectivity index (χ1v) is 9.76. The molecule has 1 amide bonds. The van der Waals surface area contributed by atoms with Gasteiger partial charge in [-0.05, 0) is 61.7 Å². The second-order valence-corrected chi connectivity index (χ2v) is 8.77. The van der Waals surface area contributed by atoms with Crippen LogP contribution in [0.4, 0.5) is 5.69 Å². The summed E-state index contributed by atoms with van der Waals surface area (Å²) >= 11 is 5.93. The Bertz CT molecular complexity index is 939. The lowest BCUT2D eigenvalue weighted by Crippen LogP contribution is -2.28. The van der Waals surface area contributed by atoms with E-state index < -0.39 is 15.4 Å². The Labute approximate surface area is 152 Å². The minimum atomic E-state index is -3.65. The number of amides is 1. The van der Waals surface area contributed by atoms with Crippen molar-refractivity contribution in [1.82, 2.24) is 4.72 Å². The van der Waals surface area contributed by atoms with Crippen molar-refractivity contribution in [3.63, 3.8) is 0 Å². The van der Waals surface area contributed by atoms with E-state index in [0.717, 1.165) is 5.56 Å². The van der Waals surface area contributed by atoms with Crippen molar-refractivity contribution in [2.45, 2.75) is 30.6 Å². The van der Waals surface area contributed by atoms with Crippen LogP contribution in [0.3, 0.4) is 0 Å². The van der Waals surface area contributed by atoms with Crippen LogP contribution >= 0.6 is 11.6 Å². The highest BCUT2D eigenvalue weighted by atomic mass is 35.5. The van der Waals surface area contributed by atoms with Crippen LogP contribution in [0.2, 0.25) is 5.02 Å². The van der Waals surface area contributed by atoms with Gasteiger partial charge in [0.15, 0.2) is 0 Å². The van der Waals surface area contributed by atoms with Crippen molar-refractivity contribution in [3.8, 4) is 0 Å². The SMILES string of the molecule is CC1(C)C(=O)Nc2ccc(S(=O)(=O)NCCc3cccc(Cl)c3)cc21. The lowest BCUT2D eigenvalue weighted by Gasteiger charge is -2.16. The smallest absolute Gasteiger partial charge is 0.240 e. The highest BCUT2D eigenvalue weighted by Gasteiger charge is 2.39. The zero-order valence-corrected chi connectivity index (χ0v) is 15.5. The van der Waals surface area contributed by atoms with Crippen molar-refractivity contribution < 1.29 is 13.2 Å². The summed E-state index contributed by atoms with van der Waals surface area (Å²) in [5, 5.41) is 3.39. The molecule has 1 aliphatic heterocycles. The molecule has 132 valence electrons. The standard InChI is InChI=1S/C18H19ClN2O3S/c1-18(2)15-11-14(6-7-16(15)21-17(18)22)25(23,24)20-9-8-12-4-3-5-13(19)10-12/h3-7,10-11,20H,8-9H2,1-2H3,(H,21,22). The van der Waals surface area contributed by atoms with Gasteiger partial charge in [-0.1, -0.05) is 23.7 Å². The van der Waals surface area contributed by atoms with Crippen molar-refractivity contribution in [2.75, 3.05) is 11.9 Å². The molecule has 2 aromatic carbocycles. The topological polar surface area (TPSA) is 75.3 Å². The summed E-state index contributed by atoms with van der Waals surface area (Å²) in [6, 6.07) is 12.0. The number of benzene rings is 2. The number of sulfonamides is 1. The van der Waals surface area contributed by atoms with Crippen molar-refractivity contribution in [1.29, 1.82) is 0 Å². The fourth-order valence-corrected chi connectivity index (χ4v) is 4.09. The maximum atomic E-state index is 12.5. The van der Waals surface area contributed by atoms with Crippen molar-refractivity contribution in [2.24, 2.45) is 0 Å². The van der Waals surface area contributed by atoms with Gasteiger partial charge in [0.05, 0.1) is 10.3 Å². The molecule has 0 fully saturated rings. The molecule has 0 spiro atoms. The summed E-state index contributed by atoms with van der Waals surface area (Å²) in [5.41, 5.74) is 1.56. The molecule has 2 aromatic rings. The number of anilines is 1. The van der Waals surface area contributed by atoms with E-state index in [2.05, 4.69) is 10.0 Å². The molecule has 3 rings (SSSR count). The van der Waals surface area contributed by atoms with Crippen molar-refractivity contribution in [3.05, 3.63) is 58.6 Å². The summed E-state index contributed by atoms with van der Waals surface area (Å²) in [4.78, 5) is 12.1. The Balaban J connectivity index is 1.75. The van der Waals surface area contributed by atoms with Gasteiger partial charge in [0.25, 0.3) is 0 Å². The quantitative estimate of drug-likeness (QED) is 0.839. The lowest BCUT2D eigenvalue weighted by molar-refractivity contribution is -0.119. The van der Waals surface area contributed by atoms with Crippen molar-refractivity contribution >= 4 is 33.2 Å². The molecule has 1 heterocycles. The predicted octanol–water partition coefficient (Wildman–Crippen LogP) is 3.09. The Morgan fingerprint density at radius 1 is 1.16 bits per heavy atom. The van der Waals surface area contributed by atoms with E-state index in [0.29, 0.717) is 22.7 Å². The molecule has 0 aliphatic carbocycles. The van der Waals surface area contributed by atoms with Gasteiger partial charge in [-0.15, -0.1) is 0 Å². The zero-order chi connectivity index (χ0) is 18.2. The molecular formula is C18H19ClN2O3S. The molecule has 0 atom stereocenters. The predicted molar refractivity (Wildman–Crippen MR) is 98.4 cm³/mol. The number of rotatable bonds is 5. The third-order valence-electron chi connectivity index (χ3n) is 4.39. The zero-order valence-electron chi connectivity index (χ0n) is 14.0. The highest BCUT2D eigenvalue weighted by Crippen LogP contribution is 2.38. The van der Waals surface area contributed by atoms with Crippen LogP contribution in [0.25, 0.3) is 0 Å². The molecule has 2 N–H and O–H groups in total. The van der Waals surface area contributed by atoms with Gasteiger partial charge in [0, 0.05) is 17.3 Å². The van der Waals surface area contributed by atoms with Crippen LogP contribution < -0.4 is 10.0 Å². The largest absolute Gasteiger partial charge is 0.325 e. The van der Waals surface area contributed by atoms with Crippen LogP contribution in [0.5, 0.6) is 0 Å². The number of halogens is 1. The highest BCUT2D eigenvalue weighted by molar-refractivity contribution is 7.89. The summed E-state index contributed by atoms with van der Waals surface area (Å²) in [6.07, 6.45) is 0.538. The first kappa shape index (κ1) is 17.9. The number of hydrogen-bond acceptors (Lipinski definition) is 3. The minimum Gasteiger partial charge on any atom is -0.325 e. The molecular weight excluding hydrogens is 360 g/mol. The minimum absolute atomic E-state index is 0.133. The number of carbonyl (C=O) groups excluding carboxylic acids is 1. The molecule has 0 aromatic heterocycles. The van der Waals surface area contributed by atoms with Gasteiger partial charge in [-0.3, -0.25) is 4.79 Å². The molecule has 0 unspecified atom stereocenters. The van der Waals surface area contributed by atoms with E-state index in [4.69, 9.17) is 11.6 Å². The average molecular weight is 379 g/mol. The van der Waals surface area contributed by atoms with Gasteiger partial charge < -0.3 is 5.32 Å². The van der Waals surface area contributed by atoms with E-state index in [1.165, 1.54) is 6.07 Å². The van der Waals surface area contributed by atoms with Gasteiger partial charge in [0.1, 0.15) is 0 Å². The Hall–Kier alpha value is -1.89. The average Bonchev–Trinajstić information content (AvgIpc) is 2.77. The third-order valence-corrected chi connectivity index (χ3v) is 6.08. The van der Waals surface area contributed by atoms with Crippen LogP contribution in [-0.2, 0) is 26.7 Å². The van der Waals surface area contributed by atoms with Crippen LogP contribution in [0, 0.1) is 0 Å². The van der Waals surface area contributed by atoms with Crippen LogP contribution in [0.1, 0.15) is 25.0 Å². The summed E-state index contributed by atoms with van der Waals surface area (Å²) < 4.78 is 27.7. The summed E-state index contributed by atoms with van der Waals surface area (Å²) in [5.74, 6) is -0.133. The number of fused-ring (bicyclic) bond motifs is 1. The van der Waals surface area contributed by atoms with Crippen LogP contribution in [0.15, 0.2) is 47.4 Å². The first-order valence-electron chi connectivity index (χ1n) is 7.90. The lowest BCUT2D eigenvalue weighted by atomic mass is 9.86. The molecule has 0 saturated carbocycles. The van der Waals surface area contributed by atoms with E-state index >= 15 is 0 Å². The first-order chi connectivity index (χ1) is 11.7. The van der Waals surface area contributed by atoms with Gasteiger partial charge in [0.2, 0.25) is 15.9 Å². The van der Waals surface area contributed by atoms with E-state index in [-0.39, 0.29) is 17.3 Å². The molecule has 25 heavy (non-hydrogen) atoms. The maximum Gasteiger partial charge on any atom is 0.240 e. The fourth-order valence-electron chi connectivity index (χ4n) is 2.82.